The fourth-order valence-electron chi connectivity index (χ4n) is 3.00. The third kappa shape index (κ3) is 5.68. The fraction of sp³-hybridized carbons (Fsp3) is 0.500. The summed E-state index contributed by atoms with van der Waals surface area (Å²) in [4.78, 5) is 18.1. The Morgan fingerprint density at radius 2 is 2.15 bits per heavy atom. The van der Waals surface area contributed by atoms with Crippen LogP contribution < -0.4 is 5.48 Å². The second-order valence-corrected chi connectivity index (χ2v) is 6.83. The van der Waals surface area contributed by atoms with E-state index < -0.39 is 5.91 Å². The molecular formula is C20H30N4O2. The van der Waals surface area contributed by atoms with E-state index in [1.807, 2.05) is 24.5 Å². The third-order valence-electron chi connectivity index (χ3n) is 4.59. The Hall–Kier alpha value is -2.18. The fourth-order valence-corrected chi connectivity index (χ4v) is 3.00. The largest absolute Gasteiger partial charge is 0.329 e. The van der Waals surface area contributed by atoms with Crippen LogP contribution in [0.3, 0.4) is 0 Å². The Morgan fingerprint density at radius 1 is 1.35 bits per heavy atom. The van der Waals surface area contributed by atoms with E-state index in [0.29, 0.717) is 6.04 Å². The summed E-state index contributed by atoms with van der Waals surface area (Å²) in [5.74, 6) is -0.549. The Kier molecular flexibility index (Phi) is 7.81. The quantitative estimate of drug-likeness (QED) is 0.295. The highest BCUT2D eigenvalue weighted by molar-refractivity contribution is 5.91. The summed E-state index contributed by atoms with van der Waals surface area (Å²) in [6.07, 6.45) is 8.59. The average molecular weight is 358 g/mol. The van der Waals surface area contributed by atoms with Crippen LogP contribution in [0.25, 0.3) is 17.1 Å². The molecule has 0 aliphatic carbocycles. The summed E-state index contributed by atoms with van der Waals surface area (Å²) in [5, 5.41) is 8.53. The maximum Gasteiger partial charge on any atom is 0.267 e. The average Bonchev–Trinajstić information content (AvgIpc) is 3.04. The van der Waals surface area contributed by atoms with E-state index in [1.54, 1.807) is 11.6 Å². The molecule has 0 bridgehead atoms. The zero-order valence-corrected chi connectivity index (χ0v) is 16.0. The number of nitrogens with one attached hydrogen (secondary N) is 1. The predicted molar refractivity (Wildman–Crippen MR) is 105 cm³/mol. The summed E-state index contributed by atoms with van der Waals surface area (Å²) in [7, 11) is 0. The molecule has 6 heteroatoms. The van der Waals surface area contributed by atoms with Crippen LogP contribution in [0.2, 0.25) is 0 Å². The molecule has 0 radical (unpaired) electrons. The molecule has 0 unspecified atom stereocenters. The zero-order valence-electron chi connectivity index (χ0n) is 16.0. The molecule has 0 saturated carbocycles. The Bertz CT molecular complexity index is 736. The first-order valence-electron chi connectivity index (χ1n) is 9.36. The van der Waals surface area contributed by atoms with Gasteiger partial charge in [0.05, 0.1) is 17.4 Å². The van der Waals surface area contributed by atoms with Crippen molar-refractivity contribution in [2.75, 3.05) is 13.1 Å². The van der Waals surface area contributed by atoms with Crippen molar-refractivity contribution in [3.63, 3.8) is 0 Å². The number of carbonyl (C=O) groups is 1. The SMILES string of the molecule is CCCCCN(CCn1cnc2cc(/C=C/C(=O)NO)ccc21)C(C)C. The van der Waals surface area contributed by atoms with E-state index in [0.717, 1.165) is 36.2 Å². The molecular weight excluding hydrogens is 328 g/mol. The van der Waals surface area contributed by atoms with Gasteiger partial charge in [0.15, 0.2) is 0 Å². The highest BCUT2D eigenvalue weighted by atomic mass is 16.5. The second-order valence-electron chi connectivity index (χ2n) is 6.83. The van der Waals surface area contributed by atoms with Gasteiger partial charge in [-0.15, -0.1) is 0 Å². The van der Waals surface area contributed by atoms with E-state index in [-0.39, 0.29) is 0 Å². The number of hydroxylamine groups is 1. The molecule has 2 aromatic rings. The monoisotopic (exact) mass is 358 g/mol. The highest BCUT2D eigenvalue weighted by Gasteiger charge is 2.10. The number of benzene rings is 1. The topological polar surface area (TPSA) is 70.4 Å². The first-order valence-corrected chi connectivity index (χ1v) is 9.36. The lowest BCUT2D eigenvalue weighted by Crippen LogP contribution is -2.34. The number of amides is 1. The number of fused-ring (bicyclic) bond motifs is 1. The number of aromatic nitrogens is 2. The number of carbonyl (C=O) groups excluding carboxylic acids is 1. The summed E-state index contributed by atoms with van der Waals surface area (Å²) in [5.41, 5.74) is 4.44. The first kappa shape index (κ1) is 20.1. The van der Waals surface area contributed by atoms with Crippen LogP contribution in [-0.2, 0) is 11.3 Å². The first-order chi connectivity index (χ1) is 12.5. The van der Waals surface area contributed by atoms with Crippen LogP contribution in [0.4, 0.5) is 0 Å². The number of hydrogen-bond donors (Lipinski definition) is 2. The number of rotatable bonds is 10. The zero-order chi connectivity index (χ0) is 18.9. The van der Waals surface area contributed by atoms with Gasteiger partial charge in [0.2, 0.25) is 0 Å². The van der Waals surface area contributed by atoms with Gasteiger partial charge in [0.1, 0.15) is 0 Å². The van der Waals surface area contributed by atoms with Crippen LogP contribution in [0.5, 0.6) is 0 Å². The van der Waals surface area contributed by atoms with Gasteiger partial charge in [-0.2, -0.15) is 0 Å². The molecule has 0 aliphatic rings. The molecule has 142 valence electrons. The molecule has 2 rings (SSSR count). The van der Waals surface area contributed by atoms with Gasteiger partial charge in [0, 0.05) is 25.2 Å². The number of nitrogens with zero attached hydrogens (tertiary/aromatic N) is 3. The van der Waals surface area contributed by atoms with Gasteiger partial charge in [0.25, 0.3) is 5.91 Å². The molecule has 6 nitrogen and oxygen atoms in total. The van der Waals surface area contributed by atoms with Gasteiger partial charge < -0.3 is 4.57 Å². The van der Waals surface area contributed by atoms with E-state index >= 15 is 0 Å². The van der Waals surface area contributed by atoms with Gasteiger partial charge in [-0.3, -0.25) is 14.9 Å². The van der Waals surface area contributed by atoms with Crippen LogP contribution in [-0.4, -0.2) is 44.7 Å². The summed E-state index contributed by atoms with van der Waals surface area (Å²) in [6, 6.07) is 6.45. The maximum absolute atomic E-state index is 11.1. The molecule has 1 aromatic carbocycles. The smallest absolute Gasteiger partial charge is 0.267 e. The van der Waals surface area contributed by atoms with Crippen LogP contribution in [0.15, 0.2) is 30.6 Å². The van der Waals surface area contributed by atoms with Crippen molar-refractivity contribution in [3.8, 4) is 0 Å². The van der Waals surface area contributed by atoms with Crippen molar-refractivity contribution in [2.24, 2.45) is 0 Å². The number of unbranched alkanes of at least 4 members (excludes halogenated alkanes) is 2. The molecule has 0 spiro atoms. The molecule has 0 aliphatic heterocycles. The molecule has 0 fully saturated rings. The van der Waals surface area contributed by atoms with E-state index in [4.69, 9.17) is 5.21 Å². The molecule has 0 atom stereocenters. The maximum atomic E-state index is 11.1. The van der Waals surface area contributed by atoms with Crippen molar-refractivity contribution < 1.29 is 10.0 Å². The van der Waals surface area contributed by atoms with Crippen LogP contribution in [0, 0.1) is 0 Å². The normalized spacial score (nSPS) is 11.9. The summed E-state index contributed by atoms with van der Waals surface area (Å²) in [6.45, 7) is 9.78. The van der Waals surface area contributed by atoms with Gasteiger partial charge in [-0.25, -0.2) is 10.5 Å². The second kappa shape index (κ2) is 10.1. The molecule has 26 heavy (non-hydrogen) atoms. The molecule has 2 N–H and O–H groups in total. The molecule has 1 amide bonds. The predicted octanol–water partition coefficient (Wildman–Crippen LogP) is 3.46. The lowest BCUT2D eigenvalue weighted by atomic mass is 10.2. The standard InChI is InChI=1S/C20H30N4O2/c1-4-5-6-11-23(16(2)3)12-13-24-15-21-18-14-17(7-9-19(18)24)8-10-20(25)22-26/h7-10,14-16,26H,4-6,11-13H2,1-3H3,(H,22,25)/b10-8+. The molecule has 1 heterocycles. The third-order valence-corrected chi connectivity index (χ3v) is 4.59. The van der Waals surface area contributed by atoms with Crippen molar-refractivity contribution in [2.45, 2.75) is 52.6 Å². The minimum atomic E-state index is -0.549. The molecule has 0 saturated heterocycles. The lowest BCUT2D eigenvalue weighted by molar-refractivity contribution is -0.124. The Morgan fingerprint density at radius 3 is 2.85 bits per heavy atom. The van der Waals surface area contributed by atoms with Gasteiger partial charge in [-0.05, 0) is 50.6 Å². The van der Waals surface area contributed by atoms with Crippen molar-refractivity contribution >= 4 is 23.0 Å². The van der Waals surface area contributed by atoms with E-state index in [9.17, 15) is 4.79 Å². The van der Waals surface area contributed by atoms with Crippen molar-refractivity contribution in [1.82, 2.24) is 19.9 Å². The lowest BCUT2D eigenvalue weighted by Gasteiger charge is -2.26. The number of imidazole rings is 1. The molecule has 1 aromatic heterocycles. The minimum absolute atomic E-state index is 0.538. The van der Waals surface area contributed by atoms with E-state index in [1.165, 1.54) is 25.3 Å². The van der Waals surface area contributed by atoms with Crippen LogP contribution in [0.1, 0.15) is 45.6 Å². The van der Waals surface area contributed by atoms with Crippen LogP contribution >= 0.6 is 0 Å². The Labute approximate surface area is 155 Å². The highest BCUT2D eigenvalue weighted by Crippen LogP contribution is 2.16. The van der Waals surface area contributed by atoms with Gasteiger partial charge >= 0.3 is 0 Å². The summed E-state index contributed by atoms with van der Waals surface area (Å²) >= 11 is 0. The van der Waals surface area contributed by atoms with Crippen molar-refractivity contribution in [3.05, 3.63) is 36.2 Å². The van der Waals surface area contributed by atoms with Crippen molar-refractivity contribution in [1.29, 1.82) is 0 Å². The Balaban J connectivity index is 2.03. The van der Waals surface area contributed by atoms with Gasteiger partial charge in [-0.1, -0.05) is 25.8 Å². The summed E-state index contributed by atoms with van der Waals surface area (Å²) < 4.78 is 2.18. The number of hydrogen-bond acceptors (Lipinski definition) is 4. The minimum Gasteiger partial charge on any atom is -0.329 e. The van der Waals surface area contributed by atoms with E-state index in [2.05, 4.69) is 35.2 Å².